The van der Waals surface area contributed by atoms with Crippen LogP contribution in [0.1, 0.15) is 12.5 Å². The maximum atomic E-state index is 13.0. The molecule has 2 N–H and O–H groups in total. The standard InChI is InChI=1S/C16H16F2N2O/c1-2-11-5-3-4-6-15(11)19-10-16(21)20-12-7-8-13(17)14(18)9-12/h3-9,19H,2,10H2,1H3,(H,20,21). The number of amides is 1. The summed E-state index contributed by atoms with van der Waals surface area (Å²) >= 11 is 0. The third-order valence-corrected chi connectivity index (χ3v) is 3.04. The minimum atomic E-state index is -0.989. The summed E-state index contributed by atoms with van der Waals surface area (Å²) in [5.74, 6) is -2.26. The molecule has 0 fully saturated rings. The molecule has 0 aliphatic carbocycles. The van der Waals surface area contributed by atoms with Crippen LogP contribution in [0.15, 0.2) is 42.5 Å². The van der Waals surface area contributed by atoms with Crippen molar-refractivity contribution in [3.8, 4) is 0 Å². The van der Waals surface area contributed by atoms with E-state index in [0.717, 1.165) is 29.8 Å². The Hall–Kier alpha value is -2.43. The van der Waals surface area contributed by atoms with Crippen LogP contribution in [-0.4, -0.2) is 12.5 Å². The molecule has 5 heteroatoms. The van der Waals surface area contributed by atoms with Crippen LogP contribution < -0.4 is 10.6 Å². The van der Waals surface area contributed by atoms with Crippen molar-refractivity contribution in [3.05, 3.63) is 59.7 Å². The maximum Gasteiger partial charge on any atom is 0.243 e. The van der Waals surface area contributed by atoms with E-state index in [0.29, 0.717) is 0 Å². The SMILES string of the molecule is CCc1ccccc1NCC(=O)Nc1ccc(F)c(F)c1. The van der Waals surface area contributed by atoms with Crippen LogP contribution in [0.25, 0.3) is 0 Å². The molecule has 0 aliphatic rings. The molecule has 0 spiro atoms. The maximum absolute atomic E-state index is 13.0. The first-order valence-corrected chi connectivity index (χ1v) is 6.67. The Morgan fingerprint density at radius 1 is 1.10 bits per heavy atom. The van der Waals surface area contributed by atoms with E-state index in [4.69, 9.17) is 0 Å². The van der Waals surface area contributed by atoms with Gasteiger partial charge >= 0.3 is 0 Å². The van der Waals surface area contributed by atoms with Crippen LogP contribution in [0.3, 0.4) is 0 Å². The summed E-state index contributed by atoms with van der Waals surface area (Å²) in [6, 6.07) is 10.9. The Labute approximate surface area is 122 Å². The number of aryl methyl sites for hydroxylation is 1. The summed E-state index contributed by atoms with van der Waals surface area (Å²) in [5.41, 5.74) is 2.23. The molecule has 2 rings (SSSR count). The molecule has 21 heavy (non-hydrogen) atoms. The average molecular weight is 290 g/mol. The fourth-order valence-electron chi connectivity index (χ4n) is 1.96. The first-order valence-electron chi connectivity index (χ1n) is 6.67. The van der Waals surface area contributed by atoms with Gasteiger partial charge in [0.15, 0.2) is 11.6 Å². The van der Waals surface area contributed by atoms with Gasteiger partial charge in [0, 0.05) is 17.4 Å². The molecule has 0 saturated carbocycles. The smallest absolute Gasteiger partial charge is 0.243 e. The molecule has 0 bridgehead atoms. The third-order valence-electron chi connectivity index (χ3n) is 3.04. The number of para-hydroxylation sites is 1. The zero-order valence-electron chi connectivity index (χ0n) is 11.6. The predicted molar refractivity (Wildman–Crippen MR) is 79.3 cm³/mol. The summed E-state index contributed by atoms with van der Waals surface area (Å²) in [7, 11) is 0. The largest absolute Gasteiger partial charge is 0.376 e. The molecule has 0 aliphatic heterocycles. The third kappa shape index (κ3) is 4.02. The number of anilines is 2. The summed E-state index contributed by atoms with van der Waals surface area (Å²) in [6.45, 7) is 2.08. The predicted octanol–water partition coefficient (Wildman–Crippen LogP) is 3.58. The lowest BCUT2D eigenvalue weighted by Gasteiger charge is -2.11. The number of benzene rings is 2. The van der Waals surface area contributed by atoms with Crippen molar-refractivity contribution in [1.82, 2.24) is 0 Å². The molecule has 0 aromatic heterocycles. The molecule has 110 valence electrons. The van der Waals surface area contributed by atoms with E-state index in [1.165, 1.54) is 6.07 Å². The van der Waals surface area contributed by atoms with E-state index < -0.39 is 11.6 Å². The van der Waals surface area contributed by atoms with Crippen LogP contribution >= 0.6 is 0 Å². The summed E-state index contributed by atoms with van der Waals surface area (Å²) in [4.78, 5) is 11.8. The molecular weight excluding hydrogens is 274 g/mol. The lowest BCUT2D eigenvalue weighted by atomic mass is 10.1. The lowest BCUT2D eigenvalue weighted by molar-refractivity contribution is -0.114. The second kappa shape index (κ2) is 6.83. The number of rotatable bonds is 5. The summed E-state index contributed by atoms with van der Waals surface area (Å²) in [5, 5.41) is 5.54. The van der Waals surface area contributed by atoms with Gasteiger partial charge in [-0.2, -0.15) is 0 Å². The summed E-state index contributed by atoms with van der Waals surface area (Å²) < 4.78 is 25.8. The van der Waals surface area contributed by atoms with Crippen molar-refractivity contribution in [3.63, 3.8) is 0 Å². The Morgan fingerprint density at radius 3 is 2.57 bits per heavy atom. The molecular formula is C16H16F2N2O. The number of carbonyl (C=O) groups excluding carboxylic acids is 1. The Balaban J connectivity index is 1.94. The van der Waals surface area contributed by atoms with Gasteiger partial charge in [-0.1, -0.05) is 25.1 Å². The Kier molecular flexibility index (Phi) is 4.87. The molecule has 0 saturated heterocycles. The molecule has 3 nitrogen and oxygen atoms in total. The van der Waals surface area contributed by atoms with Crippen molar-refractivity contribution < 1.29 is 13.6 Å². The highest BCUT2D eigenvalue weighted by Gasteiger charge is 2.07. The van der Waals surface area contributed by atoms with Gasteiger partial charge in [0.1, 0.15) is 0 Å². The van der Waals surface area contributed by atoms with E-state index in [-0.39, 0.29) is 18.1 Å². The zero-order chi connectivity index (χ0) is 15.2. The van der Waals surface area contributed by atoms with E-state index in [9.17, 15) is 13.6 Å². The fourth-order valence-corrected chi connectivity index (χ4v) is 1.96. The number of hydrogen-bond acceptors (Lipinski definition) is 2. The first-order chi connectivity index (χ1) is 10.1. The van der Waals surface area contributed by atoms with Crippen molar-refractivity contribution in [2.45, 2.75) is 13.3 Å². The molecule has 0 unspecified atom stereocenters. The summed E-state index contributed by atoms with van der Waals surface area (Å²) in [6.07, 6.45) is 0.855. The second-order valence-corrected chi connectivity index (χ2v) is 4.54. The van der Waals surface area contributed by atoms with Crippen molar-refractivity contribution in [2.75, 3.05) is 17.2 Å². The van der Waals surface area contributed by atoms with Gasteiger partial charge in [-0.15, -0.1) is 0 Å². The van der Waals surface area contributed by atoms with Crippen molar-refractivity contribution >= 4 is 17.3 Å². The number of nitrogens with one attached hydrogen (secondary N) is 2. The second-order valence-electron chi connectivity index (χ2n) is 4.54. The van der Waals surface area contributed by atoms with Gasteiger partial charge in [0.2, 0.25) is 5.91 Å². The quantitative estimate of drug-likeness (QED) is 0.883. The van der Waals surface area contributed by atoms with Gasteiger partial charge < -0.3 is 10.6 Å². The number of carbonyl (C=O) groups is 1. The molecule has 0 heterocycles. The average Bonchev–Trinajstić information content (AvgIpc) is 2.49. The van der Waals surface area contributed by atoms with E-state index >= 15 is 0 Å². The minimum Gasteiger partial charge on any atom is -0.376 e. The highest BCUT2D eigenvalue weighted by molar-refractivity contribution is 5.93. The zero-order valence-corrected chi connectivity index (χ0v) is 11.6. The normalized spacial score (nSPS) is 10.2. The molecule has 2 aromatic carbocycles. The highest BCUT2D eigenvalue weighted by atomic mass is 19.2. The van der Waals surface area contributed by atoms with Gasteiger partial charge in [0.05, 0.1) is 6.54 Å². The van der Waals surface area contributed by atoms with Gasteiger partial charge in [-0.3, -0.25) is 4.79 Å². The van der Waals surface area contributed by atoms with Crippen LogP contribution in [0.2, 0.25) is 0 Å². The van der Waals surface area contributed by atoms with Crippen LogP contribution in [0.5, 0.6) is 0 Å². The van der Waals surface area contributed by atoms with E-state index in [1.807, 2.05) is 31.2 Å². The van der Waals surface area contributed by atoms with Crippen LogP contribution in [-0.2, 0) is 11.2 Å². The topological polar surface area (TPSA) is 41.1 Å². The van der Waals surface area contributed by atoms with Crippen molar-refractivity contribution in [2.24, 2.45) is 0 Å². The first kappa shape index (κ1) is 15.0. The van der Waals surface area contributed by atoms with Gasteiger partial charge in [0.25, 0.3) is 0 Å². The van der Waals surface area contributed by atoms with Crippen LogP contribution in [0, 0.1) is 11.6 Å². The van der Waals surface area contributed by atoms with Crippen molar-refractivity contribution in [1.29, 1.82) is 0 Å². The number of halogens is 2. The minimum absolute atomic E-state index is 0.0516. The molecule has 0 radical (unpaired) electrons. The number of hydrogen-bond donors (Lipinski definition) is 2. The molecule has 0 atom stereocenters. The molecule has 2 aromatic rings. The lowest BCUT2D eigenvalue weighted by Crippen LogP contribution is -2.22. The Morgan fingerprint density at radius 2 is 1.86 bits per heavy atom. The fraction of sp³-hybridized carbons (Fsp3) is 0.188. The monoisotopic (exact) mass is 290 g/mol. The Bertz CT molecular complexity index is 644. The van der Waals surface area contributed by atoms with E-state index in [2.05, 4.69) is 10.6 Å². The van der Waals surface area contributed by atoms with E-state index in [1.54, 1.807) is 0 Å². The van der Waals surface area contributed by atoms with Gasteiger partial charge in [-0.05, 0) is 30.2 Å². The van der Waals surface area contributed by atoms with Gasteiger partial charge in [-0.25, -0.2) is 8.78 Å². The van der Waals surface area contributed by atoms with Crippen LogP contribution in [0.4, 0.5) is 20.2 Å². The molecule has 1 amide bonds. The highest BCUT2D eigenvalue weighted by Crippen LogP contribution is 2.16.